The number of rotatable bonds is 5. The van der Waals surface area contributed by atoms with Gasteiger partial charge in [0.2, 0.25) is 0 Å². The van der Waals surface area contributed by atoms with Crippen LogP contribution in [0.3, 0.4) is 0 Å². The van der Waals surface area contributed by atoms with Crippen LogP contribution in [-0.4, -0.2) is 20.3 Å². The third-order valence-electron chi connectivity index (χ3n) is 3.34. The lowest BCUT2D eigenvalue weighted by Crippen LogP contribution is -2.28. The van der Waals surface area contributed by atoms with E-state index in [-0.39, 0.29) is 6.03 Å². The molecule has 0 saturated heterocycles. The number of carbonyl (C=O) groups is 1. The van der Waals surface area contributed by atoms with E-state index in [9.17, 15) is 4.79 Å². The fraction of sp³-hybridized carbons (Fsp3) is 0.235. The second-order valence-electron chi connectivity index (χ2n) is 4.96. The Labute approximate surface area is 144 Å². The lowest BCUT2D eigenvalue weighted by molar-refractivity contribution is 0.251. The third-order valence-corrected chi connectivity index (χ3v) is 3.83. The molecule has 0 fully saturated rings. The minimum Gasteiger partial charge on any atom is -0.493 e. The number of hydrogen-bond acceptors (Lipinski definition) is 3. The third kappa shape index (κ3) is 4.63. The zero-order valence-corrected chi connectivity index (χ0v) is 14.9. The largest absolute Gasteiger partial charge is 0.493 e. The first kappa shape index (κ1) is 17.1. The van der Waals surface area contributed by atoms with Gasteiger partial charge in [-0.2, -0.15) is 0 Å². The Morgan fingerprint density at radius 3 is 2.48 bits per heavy atom. The van der Waals surface area contributed by atoms with Gasteiger partial charge < -0.3 is 20.1 Å². The average Bonchev–Trinajstić information content (AvgIpc) is 2.55. The molecule has 2 N–H and O–H groups in total. The lowest BCUT2D eigenvalue weighted by Gasteiger charge is -2.12. The molecule has 0 aliphatic carbocycles. The van der Waals surface area contributed by atoms with Crippen molar-refractivity contribution in [2.45, 2.75) is 13.5 Å². The van der Waals surface area contributed by atoms with E-state index >= 15 is 0 Å². The molecule has 0 saturated carbocycles. The molecule has 6 heteroatoms. The van der Waals surface area contributed by atoms with E-state index in [0.29, 0.717) is 18.0 Å². The molecule has 0 radical (unpaired) electrons. The highest BCUT2D eigenvalue weighted by Crippen LogP contribution is 2.27. The predicted octanol–water partition coefficient (Wildman–Crippen LogP) is 4.10. The summed E-state index contributed by atoms with van der Waals surface area (Å²) in [5.74, 6) is 1.29. The van der Waals surface area contributed by atoms with E-state index < -0.39 is 0 Å². The topological polar surface area (TPSA) is 59.6 Å². The first-order valence-corrected chi connectivity index (χ1v) is 7.84. The highest BCUT2D eigenvalue weighted by molar-refractivity contribution is 9.10. The Morgan fingerprint density at radius 1 is 1.09 bits per heavy atom. The Bertz CT molecular complexity index is 704. The van der Waals surface area contributed by atoms with Gasteiger partial charge in [-0.15, -0.1) is 0 Å². The van der Waals surface area contributed by atoms with Gasteiger partial charge in [0, 0.05) is 16.7 Å². The van der Waals surface area contributed by atoms with E-state index in [4.69, 9.17) is 9.47 Å². The van der Waals surface area contributed by atoms with Gasteiger partial charge in [0.25, 0.3) is 0 Å². The number of amides is 2. The number of halogens is 1. The molecule has 0 bridgehead atoms. The van der Waals surface area contributed by atoms with Gasteiger partial charge in [-0.25, -0.2) is 4.79 Å². The fourth-order valence-corrected chi connectivity index (χ4v) is 2.58. The number of urea groups is 1. The van der Waals surface area contributed by atoms with Gasteiger partial charge in [0.05, 0.1) is 14.2 Å². The molecular formula is C17H19BrN2O3. The monoisotopic (exact) mass is 378 g/mol. The molecule has 2 amide bonds. The Balaban J connectivity index is 1.96. The molecule has 0 aromatic heterocycles. The van der Waals surface area contributed by atoms with Crippen molar-refractivity contribution in [3.63, 3.8) is 0 Å². The molecule has 2 aromatic rings. The van der Waals surface area contributed by atoms with E-state index in [1.54, 1.807) is 14.2 Å². The standard InChI is InChI=1S/C17H19BrN2O3/c1-11-8-13(18)5-6-14(11)20-17(21)19-10-12-4-7-15(22-2)16(9-12)23-3/h4-9H,10H2,1-3H3,(H2,19,20,21). The van der Waals surface area contributed by atoms with Crippen molar-refractivity contribution in [2.24, 2.45) is 0 Å². The van der Waals surface area contributed by atoms with Crippen molar-refractivity contribution >= 4 is 27.6 Å². The zero-order chi connectivity index (χ0) is 16.8. The summed E-state index contributed by atoms with van der Waals surface area (Å²) in [6, 6.07) is 11.0. The summed E-state index contributed by atoms with van der Waals surface area (Å²) >= 11 is 3.40. The number of nitrogens with one attached hydrogen (secondary N) is 2. The molecule has 2 aromatic carbocycles. The molecule has 5 nitrogen and oxygen atoms in total. The molecule has 0 atom stereocenters. The van der Waals surface area contributed by atoms with Crippen LogP contribution in [0.25, 0.3) is 0 Å². The van der Waals surface area contributed by atoms with Gasteiger partial charge in [0.1, 0.15) is 0 Å². The van der Waals surface area contributed by atoms with Crippen LogP contribution in [0.2, 0.25) is 0 Å². The lowest BCUT2D eigenvalue weighted by atomic mass is 10.2. The summed E-state index contributed by atoms with van der Waals surface area (Å²) in [6.07, 6.45) is 0. The minimum absolute atomic E-state index is 0.259. The van der Waals surface area contributed by atoms with Crippen LogP contribution in [-0.2, 0) is 6.54 Å². The maximum absolute atomic E-state index is 12.0. The minimum atomic E-state index is -0.259. The Hall–Kier alpha value is -2.21. The number of anilines is 1. The number of benzene rings is 2. The first-order chi connectivity index (χ1) is 11.0. The summed E-state index contributed by atoms with van der Waals surface area (Å²) in [6.45, 7) is 2.33. The maximum atomic E-state index is 12.0. The summed E-state index contributed by atoms with van der Waals surface area (Å²) in [5, 5.41) is 5.65. The predicted molar refractivity (Wildman–Crippen MR) is 94.3 cm³/mol. The van der Waals surface area contributed by atoms with Crippen LogP contribution in [0.4, 0.5) is 10.5 Å². The highest BCUT2D eigenvalue weighted by Gasteiger charge is 2.07. The molecule has 0 heterocycles. The van der Waals surface area contributed by atoms with Crippen LogP contribution in [0.5, 0.6) is 11.5 Å². The van der Waals surface area contributed by atoms with Crippen molar-refractivity contribution in [3.8, 4) is 11.5 Å². The molecule has 122 valence electrons. The van der Waals surface area contributed by atoms with Crippen molar-refractivity contribution in [1.82, 2.24) is 5.32 Å². The van der Waals surface area contributed by atoms with Gasteiger partial charge in [-0.3, -0.25) is 0 Å². The summed E-state index contributed by atoms with van der Waals surface area (Å²) in [4.78, 5) is 12.0. The zero-order valence-electron chi connectivity index (χ0n) is 13.3. The fourth-order valence-electron chi connectivity index (χ4n) is 2.11. The molecule has 0 spiro atoms. The van der Waals surface area contributed by atoms with E-state index in [1.165, 1.54) is 0 Å². The average molecular weight is 379 g/mol. The smallest absolute Gasteiger partial charge is 0.319 e. The van der Waals surface area contributed by atoms with Gasteiger partial charge in [0.15, 0.2) is 11.5 Å². The summed E-state index contributed by atoms with van der Waals surface area (Å²) < 4.78 is 11.4. The number of aryl methyl sites for hydroxylation is 1. The molecule has 0 aliphatic rings. The number of methoxy groups -OCH3 is 2. The van der Waals surface area contributed by atoms with Crippen LogP contribution >= 0.6 is 15.9 Å². The molecule has 2 rings (SSSR count). The van der Waals surface area contributed by atoms with Gasteiger partial charge in [-0.1, -0.05) is 22.0 Å². The van der Waals surface area contributed by atoms with E-state index in [0.717, 1.165) is 21.3 Å². The van der Waals surface area contributed by atoms with Gasteiger partial charge >= 0.3 is 6.03 Å². The molecular weight excluding hydrogens is 360 g/mol. The van der Waals surface area contributed by atoms with Crippen LogP contribution in [0.1, 0.15) is 11.1 Å². The van der Waals surface area contributed by atoms with Crippen molar-refractivity contribution in [3.05, 3.63) is 52.0 Å². The van der Waals surface area contributed by atoms with Crippen LogP contribution in [0, 0.1) is 6.92 Å². The van der Waals surface area contributed by atoms with E-state index in [2.05, 4.69) is 26.6 Å². The quantitative estimate of drug-likeness (QED) is 0.823. The molecule has 0 aliphatic heterocycles. The maximum Gasteiger partial charge on any atom is 0.319 e. The van der Waals surface area contributed by atoms with Crippen LogP contribution < -0.4 is 20.1 Å². The SMILES string of the molecule is COc1ccc(CNC(=O)Nc2ccc(Br)cc2C)cc1OC. The molecule has 23 heavy (non-hydrogen) atoms. The first-order valence-electron chi connectivity index (χ1n) is 7.05. The second kappa shape index (κ2) is 7.87. The van der Waals surface area contributed by atoms with Crippen LogP contribution in [0.15, 0.2) is 40.9 Å². The van der Waals surface area contributed by atoms with E-state index in [1.807, 2.05) is 43.3 Å². The normalized spacial score (nSPS) is 10.1. The second-order valence-corrected chi connectivity index (χ2v) is 5.87. The molecule has 0 unspecified atom stereocenters. The number of hydrogen-bond donors (Lipinski definition) is 2. The summed E-state index contributed by atoms with van der Waals surface area (Å²) in [5.41, 5.74) is 2.68. The number of carbonyl (C=O) groups excluding carboxylic acids is 1. The summed E-state index contributed by atoms with van der Waals surface area (Å²) in [7, 11) is 3.17. The van der Waals surface area contributed by atoms with Crippen molar-refractivity contribution < 1.29 is 14.3 Å². The number of ether oxygens (including phenoxy) is 2. The van der Waals surface area contributed by atoms with Gasteiger partial charge in [-0.05, 0) is 48.4 Å². The Morgan fingerprint density at radius 2 is 1.83 bits per heavy atom. The highest BCUT2D eigenvalue weighted by atomic mass is 79.9. The Kier molecular flexibility index (Phi) is 5.87. The van der Waals surface area contributed by atoms with Crippen molar-refractivity contribution in [2.75, 3.05) is 19.5 Å². The van der Waals surface area contributed by atoms with Crippen molar-refractivity contribution in [1.29, 1.82) is 0 Å².